The van der Waals surface area contributed by atoms with E-state index in [2.05, 4.69) is 28.7 Å². The predicted molar refractivity (Wildman–Crippen MR) is 84.0 cm³/mol. The molecule has 1 heterocycles. The van der Waals surface area contributed by atoms with Crippen LogP contribution in [0.4, 0.5) is 5.95 Å². The van der Waals surface area contributed by atoms with Crippen molar-refractivity contribution < 1.29 is 9.90 Å². The summed E-state index contributed by atoms with van der Waals surface area (Å²) < 4.78 is 0. The minimum Gasteiger partial charge on any atom is -0.477 e. The van der Waals surface area contributed by atoms with Crippen LogP contribution in [0, 0.1) is 6.92 Å². The zero-order valence-electron chi connectivity index (χ0n) is 13.5. The van der Waals surface area contributed by atoms with Crippen LogP contribution < -0.4 is 4.90 Å². The van der Waals surface area contributed by atoms with Crippen LogP contribution >= 0.6 is 0 Å². The topological polar surface area (TPSA) is 69.6 Å². The van der Waals surface area contributed by atoms with E-state index in [1.165, 1.54) is 6.07 Å². The maximum atomic E-state index is 11.1. The van der Waals surface area contributed by atoms with Gasteiger partial charge in [-0.25, -0.2) is 14.8 Å². The first-order valence-corrected chi connectivity index (χ1v) is 7.58. The average molecular weight is 294 g/mol. The predicted octanol–water partition coefficient (Wildman–Crippen LogP) is 2.04. The van der Waals surface area contributed by atoms with Crippen molar-refractivity contribution in [3.63, 3.8) is 0 Å². The van der Waals surface area contributed by atoms with Crippen LogP contribution in [0.5, 0.6) is 0 Å². The summed E-state index contributed by atoms with van der Waals surface area (Å²) in [5, 5.41) is 9.09. The number of anilines is 1. The molecule has 1 rings (SSSR count). The SMILES string of the molecule is CCN(CC)CCCN(CC)c1nc(C)cc(C(=O)O)n1. The summed E-state index contributed by atoms with van der Waals surface area (Å²) in [4.78, 5) is 24.0. The molecule has 0 radical (unpaired) electrons. The second-order valence-corrected chi connectivity index (χ2v) is 4.96. The molecule has 0 aliphatic heterocycles. The number of nitrogens with zero attached hydrogens (tertiary/aromatic N) is 4. The van der Waals surface area contributed by atoms with Gasteiger partial charge in [0.15, 0.2) is 5.69 Å². The Hall–Kier alpha value is -1.69. The molecule has 0 spiro atoms. The minimum atomic E-state index is -1.01. The van der Waals surface area contributed by atoms with Gasteiger partial charge in [0.2, 0.25) is 5.95 Å². The molecule has 6 nitrogen and oxygen atoms in total. The van der Waals surface area contributed by atoms with Crippen LogP contribution in [-0.2, 0) is 0 Å². The summed E-state index contributed by atoms with van der Waals surface area (Å²) >= 11 is 0. The summed E-state index contributed by atoms with van der Waals surface area (Å²) in [7, 11) is 0. The lowest BCUT2D eigenvalue weighted by Gasteiger charge is -2.24. The van der Waals surface area contributed by atoms with E-state index >= 15 is 0 Å². The molecular weight excluding hydrogens is 268 g/mol. The monoisotopic (exact) mass is 294 g/mol. The summed E-state index contributed by atoms with van der Waals surface area (Å²) in [5.41, 5.74) is 0.735. The number of aryl methyl sites for hydroxylation is 1. The third-order valence-electron chi connectivity index (χ3n) is 3.52. The number of hydrogen-bond acceptors (Lipinski definition) is 5. The Balaban J connectivity index is 2.73. The first-order valence-electron chi connectivity index (χ1n) is 7.58. The highest BCUT2D eigenvalue weighted by Crippen LogP contribution is 2.11. The molecule has 1 N–H and O–H groups in total. The fraction of sp³-hybridized carbons (Fsp3) is 0.667. The normalized spacial score (nSPS) is 10.9. The number of carboxylic acid groups (broad SMARTS) is 1. The fourth-order valence-electron chi connectivity index (χ4n) is 2.23. The van der Waals surface area contributed by atoms with Gasteiger partial charge in [-0.2, -0.15) is 0 Å². The van der Waals surface area contributed by atoms with E-state index in [-0.39, 0.29) is 5.69 Å². The minimum absolute atomic E-state index is 0.0553. The number of aromatic nitrogens is 2. The first kappa shape index (κ1) is 17.4. The Bertz CT molecular complexity index is 461. The lowest BCUT2D eigenvalue weighted by atomic mass is 10.3. The fourth-order valence-corrected chi connectivity index (χ4v) is 2.23. The standard InChI is InChI=1S/C15H26N4O2/c1-5-18(6-2)9-8-10-19(7-3)15-16-12(4)11-13(17-15)14(20)21/h11H,5-10H2,1-4H3,(H,20,21). The van der Waals surface area contributed by atoms with Gasteiger partial charge >= 0.3 is 5.97 Å². The van der Waals surface area contributed by atoms with Gasteiger partial charge in [0.05, 0.1) is 0 Å². The van der Waals surface area contributed by atoms with Crippen LogP contribution in [-0.4, -0.2) is 58.7 Å². The molecule has 0 aliphatic carbocycles. The highest BCUT2D eigenvalue weighted by atomic mass is 16.4. The lowest BCUT2D eigenvalue weighted by molar-refractivity contribution is 0.0690. The molecule has 0 aromatic carbocycles. The summed E-state index contributed by atoms with van der Waals surface area (Å²) in [6, 6.07) is 1.50. The number of carboxylic acids is 1. The molecule has 0 saturated heterocycles. The second kappa shape index (κ2) is 8.56. The van der Waals surface area contributed by atoms with Crippen LogP contribution in [0.1, 0.15) is 43.4 Å². The van der Waals surface area contributed by atoms with Gasteiger partial charge in [-0.3, -0.25) is 0 Å². The molecule has 21 heavy (non-hydrogen) atoms. The van der Waals surface area contributed by atoms with Gasteiger partial charge < -0.3 is 14.9 Å². The average Bonchev–Trinajstić information content (AvgIpc) is 2.47. The largest absolute Gasteiger partial charge is 0.477 e. The van der Waals surface area contributed by atoms with Crippen molar-refractivity contribution in [1.82, 2.24) is 14.9 Å². The van der Waals surface area contributed by atoms with Gasteiger partial charge in [-0.1, -0.05) is 13.8 Å². The third kappa shape index (κ3) is 5.30. The smallest absolute Gasteiger partial charge is 0.354 e. The van der Waals surface area contributed by atoms with Crippen LogP contribution in [0.25, 0.3) is 0 Å². The molecule has 0 bridgehead atoms. The van der Waals surface area contributed by atoms with Crippen molar-refractivity contribution in [3.8, 4) is 0 Å². The summed E-state index contributed by atoms with van der Waals surface area (Å²) in [6.45, 7) is 12.9. The van der Waals surface area contributed by atoms with E-state index in [4.69, 9.17) is 5.11 Å². The molecule has 118 valence electrons. The first-order chi connectivity index (χ1) is 10.0. The molecule has 0 amide bonds. The van der Waals surface area contributed by atoms with Gasteiger partial charge in [0.25, 0.3) is 0 Å². The summed E-state index contributed by atoms with van der Waals surface area (Å²) in [6.07, 6.45) is 1.01. The van der Waals surface area contributed by atoms with E-state index in [1.54, 1.807) is 6.92 Å². The third-order valence-corrected chi connectivity index (χ3v) is 3.52. The number of hydrogen-bond donors (Lipinski definition) is 1. The second-order valence-electron chi connectivity index (χ2n) is 4.96. The zero-order chi connectivity index (χ0) is 15.8. The van der Waals surface area contributed by atoms with Gasteiger partial charge in [0, 0.05) is 18.8 Å². The molecule has 0 unspecified atom stereocenters. The van der Waals surface area contributed by atoms with Gasteiger partial charge in [0.1, 0.15) is 0 Å². The van der Waals surface area contributed by atoms with E-state index in [1.807, 2.05) is 11.8 Å². The Morgan fingerprint density at radius 2 is 1.81 bits per heavy atom. The molecule has 0 saturated carbocycles. The quantitative estimate of drug-likeness (QED) is 0.751. The number of aromatic carboxylic acids is 1. The van der Waals surface area contributed by atoms with E-state index < -0.39 is 5.97 Å². The molecule has 1 aromatic rings. The van der Waals surface area contributed by atoms with Gasteiger partial charge in [-0.05, 0) is 46.0 Å². The maximum Gasteiger partial charge on any atom is 0.354 e. The molecule has 0 atom stereocenters. The molecule has 6 heteroatoms. The van der Waals surface area contributed by atoms with Gasteiger partial charge in [-0.15, -0.1) is 0 Å². The van der Waals surface area contributed by atoms with Crippen molar-refractivity contribution in [1.29, 1.82) is 0 Å². The van der Waals surface area contributed by atoms with Crippen LogP contribution in [0.2, 0.25) is 0 Å². The Morgan fingerprint density at radius 1 is 1.14 bits per heavy atom. The zero-order valence-corrected chi connectivity index (χ0v) is 13.5. The number of carbonyl (C=O) groups is 1. The van der Waals surface area contributed by atoms with Crippen molar-refractivity contribution in [2.45, 2.75) is 34.1 Å². The Kier molecular flexibility index (Phi) is 7.08. The number of rotatable bonds is 9. The Labute approximate surface area is 126 Å². The highest BCUT2D eigenvalue weighted by Gasteiger charge is 2.13. The maximum absolute atomic E-state index is 11.1. The van der Waals surface area contributed by atoms with Crippen molar-refractivity contribution in [2.24, 2.45) is 0 Å². The van der Waals surface area contributed by atoms with E-state index in [0.717, 1.165) is 39.1 Å². The van der Waals surface area contributed by atoms with Crippen molar-refractivity contribution >= 4 is 11.9 Å². The van der Waals surface area contributed by atoms with Crippen LogP contribution in [0.15, 0.2) is 6.07 Å². The van der Waals surface area contributed by atoms with E-state index in [9.17, 15) is 4.79 Å². The van der Waals surface area contributed by atoms with E-state index in [0.29, 0.717) is 11.6 Å². The lowest BCUT2D eigenvalue weighted by Crippen LogP contribution is -2.31. The van der Waals surface area contributed by atoms with Crippen molar-refractivity contribution in [3.05, 3.63) is 17.5 Å². The summed E-state index contributed by atoms with van der Waals surface area (Å²) in [5.74, 6) is -0.504. The molecule has 0 aliphatic rings. The molecule has 1 aromatic heterocycles. The Morgan fingerprint density at radius 3 is 2.33 bits per heavy atom. The highest BCUT2D eigenvalue weighted by molar-refractivity contribution is 5.85. The molecule has 0 fully saturated rings. The van der Waals surface area contributed by atoms with Crippen molar-refractivity contribution in [2.75, 3.05) is 37.6 Å². The molecular formula is C15H26N4O2. The van der Waals surface area contributed by atoms with Crippen LogP contribution in [0.3, 0.4) is 0 Å².